The Balaban J connectivity index is 2.44. The van der Waals surface area contributed by atoms with E-state index in [0.29, 0.717) is 16.7 Å². The Labute approximate surface area is 116 Å². The van der Waals surface area contributed by atoms with Crippen molar-refractivity contribution in [3.63, 3.8) is 0 Å². The normalized spacial score (nSPS) is 9.70. The van der Waals surface area contributed by atoms with Crippen LogP contribution in [0.25, 0.3) is 0 Å². The molecule has 4 N–H and O–H groups in total. The van der Waals surface area contributed by atoms with E-state index in [4.69, 9.17) is 11.5 Å². The van der Waals surface area contributed by atoms with Crippen molar-refractivity contribution < 1.29 is 9.18 Å². The lowest BCUT2D eigenvalue weighted by Crippen LogP contribution is -2.10. The Kier molecular flexibility index (Phi) is 3.72. The second-order valence-electron chi connectivity index (χ2n) is 4.36. The number of halogens is 1. The summed E-state index contributed by atoms with van der Waals surface area (Å²) in [5.74, 6) is 4.51. The number of nitrogen functional groups attached to an aromatic ring is 1. The van der Waals surface area contributed by atoms with E-state index in [1.54, 1.807) is 37.3 Å². The molecule has 0 saturated heterocycles. The van der Waals surface area contributed by atoms with E-state index in [2.05, 4.69) is 11.8 Å². The molecule has 0 radical (unpaired) electrons. The third-order valence-corrected chi connectivity index (χ3v) is 2.86. The largest absolute Gasteiger partial charge is 0.396 e. The van der Waals surface area contributed by atoms with Gasteiger partial charge in [0.1, 0.15) is 0 Å². The number of rotatable bonds is 1. The highest BCUT2D eigenvalue weighted by atomic mass is 19.1. The van der Waals surface area contributed by atoms with Crippen molar-refractivity contribution in [3.05, 3.63) is 64.5 Å². The lowest BCUT2D eigenvalue weighted by Gasteiger charge is -2.02. The van der Waals surface area contributed by atoms with Gasteiger partial charge in [-0.2, -0.15) is 0 Å². The minimum absolute atomic E-state index is 0.0609. The second kappa shape index (κ2) is 5.45. The molecule has 2 rings (SSSR count). The zero-order valence-corrected chi connectivity index (χ0v) is 10.9. The summed E-state index contributed by atoms with van der Waals surface area (Å²) in [7, 11) is 0. The van der Waals surface area contributed by atoms with Gasteiger partial charge in [0.25, 0.3) is 0 Å². The average molecular weight is 268 g/mol. The van der Waals surface area contributed by atoms with E-state index in [0.717, 1.165) is 0 Å². The molecule has 0 atom stereocenters. The van der Waals surface area contributed by atoms with Gasteiger partial charge in [-0.1, -0.05) is 24.0 Å². The summed E-state index contributed by atoms with van der Waals surface area (Å²) in [4.78, 5) is 11.1. The second-order valence-corrected chi connectivity index (χ2v) is 4.36. The Morgan fingerprint density at radius 3 is 2.65 bits per heavy atom. The van der Waals surface area contributed by atoms with Crippen molar-refractivity contribution >= 4 is 11.6 Å². The fourth-order valence-electron chi connectivity index (χ4n) is 1.73. The summed E-state index contributed by atoms with van der Waals surface area (Å²) in [6.45, 7) is 1.76. The van der Waals surface area contributed by atoms with E-state index in [1.807, 2.05) is 0 Å². The molecule has 2 aromatic rings. The van der Waals surface area contributed by atoms with Crippen molar-refractivity contribution in [2.75, 3.05) is 5.73 Å². The molecule has 0 heterocycles. The van der Waals surface area contributed by atoms with Crippen molar-refractivity contribution in [1.29, 1.82) is 0 Å². The smallest absolute Gasteiger partial charge is 0.248 e. The van der Waals surface area contributed by atoms with Crippen LogP contribution >= 0.6 is 0 Å². The standard InChI is InChI=1S/C16H13FN2O/c1-10-5-8-14(18)15(17)13(10)7-6-11-3-2-4-12(9-11)16(19)20/h2-5,8-9H,18H2,1H3,(H2,19,20). The molecule has 0 aliphatic carbocycles. The van der Waals surface area contributed by atoms with Gasteiger partial charge in [-0.3, -0.25) is 4.79 Å². The first kappa shape index (κ1) is 13.6. The molecule has 0 fully saturated rings. The third-order valence-electron chi connectivity index (χ3n) is 2.86. The maximum atomic E-state index is 13.9. The van der Waals surface area contributed by atoms with Gasteiger partial charge in [-0.25, -0.2) is 4.39 Å². The van der Waals surface area contributed by atoms with Gasteiger partial charge in [0.2, 0.25) is 5.91 Å². The fraction of sp³-hybridized carbons (Fsp3) is 0.0625. The number of hydrogen-bond donors (Lipinski definition) is 2. The highest BCUT2D eigenvalue weighted by Crippen LogP contribution is 2.18. The SMILES string of the molecule is Cc1ccc(N)c(F)c1C#Cc1cccc(C(N)=O)c1. The molecule has 0 saturated carbocycles. The number of anilines is 1. The summed E-state index contributed by atoms with van der Waals surface area (Å²) < 4.78 is 13.9. The molecule has 0 unspecified atom stereocenters. The predicted octanol–water partition coefficient (Wildman–Crippen LogP) is 2.22. The van der Waals surface area contributed by atoms with Gasteiger partial charge >= 0.3 is 0 Å². The van der Waals surface area contributed by atoms with Crippen LogP contribution in [-0.2, 0) is 0 Å². The first-order valence-electron chi connectivity index (χ1n) is 5.95. The topological polar surface area (TPSA) is 69.1 Å². The lowest BCUT2D eigenvalue weighted by molar-refractivity contribution is 0.100. The van der Waals surface area contributed by atoms with E-state index >= 15 is 0 Å². The molecular weight excluding hydrogens is 255 g/mol. The number of carbonyl (C=O) groups excluding carboxylic acids is 1. The molecule has 100 valence electrons. The zero-order valence-electron chi connectivity index (χ0n) is 10.9. The molecule has 1 amide bonds. The maximum absolute atomic E-state index is 13.9. The average Bonchev–Trinajstić information content (AvgIpc) is 2.43. The van der Waals surface area contributed by atoms with E-state index in [1.165, 1.54) is 6.07 Å². The van der Waals surface area contributed by atoms with Gasteiger partial charge in [0, 0.05) is 11.1 Å². The summed E-state index contributed by atoms with van der Waals surface area (Å²) in [6, 6.07) is 9.77. The first-order valence-corrected chi connectivity index (χ1v) is 5.95. The predicted molar refractivity (Wildman–Crippen MR) is 76.5 cm³/mol. The Morgan fingerprint density at radius 2 is 1.95 bits per heavy atom. The summed E-state index contributed by atoms with van der Waals surface area (Å²) in [5, 5.41) is 0. The number of nitrogens with two attached hydrogens (primary N) is 2. The van der Waals surface area contributed by atoms with E-state index < -0.39 is 11.7 Å². The molecule has 0 bridgehead atoms. The van der Waals surface area contributed by atoms with Crippen LogP contribution < -0.4 is 11.5 Å². The molecule has 3 nitrogen and oxygen atoms in total. The molecule has 2 aromatic carbocycles. The number of carbonyl (C=O) groups is 1. The van der Waals surface area contributed by atoms with Gasteiger partial charge < -0.3 is 11.5 Å². The minimum atomic E-state index is -0.528. The van der Waals surface area contributed by atoms with Crippen LogP contribution in [0.1, 0.15) is 27.0 Å². The molecule has 20 heavy (non-hydrogen) atoms. The third kappa shape index (κ3) is 2.78. The lowest BCUT2D eigenvalue weighted by atomic mass is 10.1. The first-order chi connectivity index (χ1) is 9.49. The van der Waals surface area contributed by atoms with Crippen LogP contribution in [0, 0.1) is 24.6 Å². The molecule has 0 aliphatic heterocycles. The van der Waals surface area contributed by atoms with Crippen LogP contribution in [0.15, 0.2) is 36.4 Å². The van der Waals surface area contributed by atoms with Crippen LogP contribution in [-0.4, -0.2) is 5.91 Å². The zero-order chi connectivity index (χ0) is 14.7. The number of aryl methyl sites for hydroxylation is 1. The quantitative estimate of drug-likeness (QED) is 0.615. The minimum Gasteiger partial charge on any atom is -0.396 e. The summed E-state index contributed by atoms with van der Waals surface area (Å²) in [6.07, 6.45) is 0. The number of amides is 1. The summed E-state index contributed by atoms with van der Waals surface area (Å²) >= 11 is 0. The van der Waals surface area contributed by atoms with Crippen LogP contribution in [0.3, 0.4) is 0 Å². The number of benzene rings is 2. The van der Waals surface area contributed by atoms with Crippen molar-refractivity contribution in [3.8, 4) is 11.8 Å². The Morgan fingerprint density at radius 1 is 1.20 bits per heavy atom. The number of primary amides is 1. The molecule has 0 aliphatic rings. The fourth-order valence-corrected chi connectivity index (χ4v) is 1.73. The monoisotopic (exact) mass is 268 g/mol. The van der Waals surface area contributed by atoms with Crippen molar-refractivity contribution in [2.45, 2.75) is 6.92 Å². The van der Waals surface area contributed by atoms with E-state index in [-0.39, 0.29) is 11.3 Å². The van der Waals surface area contributed by atoms with Gasteiger partial charge in [0.15, 0.2) is 5.82 Å². The maximum Gasteiger partial charge on any atom is 0.248 e. The molecule has 4 heteroatoms. The van der Waals surface area contributed by atoms with E-state index in [9.17, 15) is 9.18 Å². The molecular formula is C16H13FN2O. The number of hydrogen-bond acceptors (Lipinski definition) is 2. The van der Waals surface area contributed by atoms with Gasteiger partial charge in [-0.15, -0.1) is 0 Å². The summed E-state index contributed by atoms with van der Waals surface area (Å²) in [5.41, 5.74) is 12.7. The Bertz CT molecular complexity index is 742. The van der Waals surface area contributed by atoms with Gasteiger partial charge in [-0.05, 0) is 36.8 Å². The van der Waals surface area contributed by atoms with Crippen LogP contribution in [0.5, 0.6) is 0 Å². The molecule has 0 aromatic heterocycles. The van der Waals surface area contributed by atoms with Crippen LogP contribution in [0.4, 0.5) is 10.1 Å². The Hall–Kier alpha value is -2.80. The van der Waals surface area contributed by atoms with Crippen molar-refractivity contribution in [2.24, 2.45) is 5.73 Å². The highest BCUT2D eigenvalue weighted by molar-refractivity contribution is 5.93. The van der Waals surface area contributed by atoms with Crippen LogP contribution in [0.2, 0.25) is 0 Å². The van der Waals surface area contributed by atoms with Crippen molar-refractivity contribution in [1.82, 2.24) is 0 Å². The van der Waals surface area contributed by atoms with Gasteiger partial charge in [0.05, 0.1) is 11.3 Å². The molecule has 0 spiro atoms. The highest BCUT2D eigenvalue weighted by Gasteiger charge is 2.06.